The Morgan fingerprint density at radius 1 is 1.50 bits per heavy atom. The molecule has 2 aromatic rings. The second-order valence-corrected chi connectivity index (χ2v) is 5.32. The number of thiophene rings is 1. The fourth-order valence-corrected chi connectivity index (χ4v) is 2.91. The maximum atomic E-state index is 5.46. The fraction of sp³-hybridized carbons (Fsp3) is 0.400. The van der Waals surface area contributed by atoms with Crippen LogP contribution in [0.25, 0.3) is 10.2 Å². The minimum atomic E-state index is 0.721. The van der Waals surface area contributed by atoms with Crippen molar-refractivity contribution in [1.82, 2.24) is 9.97 Å². The number of hydrogen-bond acceptors (Lipinski definition) is 6. The summed E-state index contributed by atoms with van der Waals surface area (Å²) in [6, 6.07) is 1.98. The monoisotopic (exact) mass is 254 g/mol. The van der Waals surface area contributed by atoms with Crippen LogP contribution in [0.2, 0.25) is 0 Å². The lowest BCUT2D eigenvalue weighted by molar-refractivity contribution is 1.05. The van der Waals surface area contributed by atoms with Crippen molar-refractivity contribution < 1.29 is 0 Å². The number of fused-ring (bicyclic) bond motifs is 1. The van der Waals surface area contributed by atoms with Gasteiger partial charge in [0.05, 0.1) is 11.1 Å². The van der Waals surface area contributed by atoms with Gasteiger partial charge in [0.15, 0.2) is 5.82 Å². The van der Waals surface area contributed by atoms with E-state index in [0.29, 0.717) is 0 Å². The third-order valence-corrected chi connectivity index (χ3v) is 4.05. The first-order chi connectivity index (χ1) is 7.85. The zero-order valence-corrected chi connectivity index (χ0v) is 10.7. The molecule has 0 saturated carbocycles. The van der Waals surface area contributed by atoms with Gasteiger partial charge in [0.1, 0.15) is 10.7 Å². The summed E-state index contributed by atoms with van der Waals surface area (Å²) in [4.78, 5) is 9.90. The first-order valence-corrected chi connectivity index (χ1v) is 7.17. The van der Waals surface area contributed by atoms with Crippen molar-refractivity contribution in [1.29, 1.82) is 0 Å². The second-order valence-electron chi connectivity index (χ2n) is 3.32. The van der Waals surface area contributed by atoms with Crippen molar-refractivity contribution in [2.24, 2.45) is 5.84 Å². The maximum Gasteiger partial charge on any atom is 0.152 e. The van der Waals surface area contributed by atoms with Gasteiger partial charge in [0.25, 0.3) is 0 Å². The molecule has 0 radical (unpaired) electrons. The van der Waals surface area contributed by atoms with Gasteiger partial charge in [-0.1, -0.05) is 6.92 Å². The Labute approximate surface area is 103 Å². The van der Waals surface area contributed by atoms with Gasteiger partial charge >= 0.3 is 0 Å². The van der Waals surface area contributed by atoms with Crippen LogP contribution in [0.15, 0.2) is 11.4 Å². The Kier molecular flexibility index (Phi) is 3.98. The number of aromatic nitrogens is 2. The molecule has 0 fully saturated rings. The van der Waals surface area contributed by atoms with Crippen LogP contribution in [0.4, 0.5) is 5.82 Å². The molecule has 6 heteroatoms. The standard InChI is InChI=1S/C10H14N4S2/c1-2-4-15-6-8-12-9(14-11)7-3-5-16-10(7)13-8/h3,5H,2,4,6,11H2,1H3,(H,12,13,14). The summed E-state index contributed by atoms with van der Waals surface area (Å²) in [6.07, 6.45) is 1.17. The van der Waals surface area contributed by atoms with E-state index in [-0.39, 0.29) is 0 Å². The molecule has 0 bridgehead atoms. The Hall–Kier alpha value is -0.850. The average molecular weight is 254 g/mol. The molecule has 2 heterocycles. The van der Waals surface area contributed by atoms with E-state index in [4.69, 9.17) is 5.84 Å². The van der Waals surface area contributed by atoms with Crippen LogP contribution in [-0.4, -0.2) is 15.7 Å². The number of nitrogens with zero attached hydrogens (tertiary/aromatic N) is 2. The molecule has 0 aromatic carbocycles. The van der Waals surface area contributed by atoms with E-state index in [1.54, 1.807) is 11.3 Å². The number of hydrogen-bond donors (Lipinski definition) is 2. The summed E-state index contributed by atoms with van der Waals surface area (Å²) >= 11 is 3.46. The van der Waals surface area contributed by atoms with Crippen LogP contribution in [0.3, 0.4) is 0 Å². The largest absolute Gasteiger partial charge is 0.308 e. The predicted octanol–water partition coefficient (Wildman–Crippen LogP) is 2.62. The van der Waals surface area contributed by atoms with Gasteiger partial charge in [-0.05, 0) is 23.6 Å². The number of rotatable bonds is 5. The van der Waals surface area contributed by atoms with Gasteiger partial charge in [0.2, 0.25) is 0 Å². The van der Waals surface area contributed by atoms with E-state index in [1.165, 1.54) is 6.42 Å². The van der Waals surface area contributed by atoms with Crippen LogP contribution in [0.5, 0.6) is 0 Å². The fourth-order valence-electron chi connectivity index (χ4n) is 1.38. The SMILES string of the molecule is CCCSCc1nc(NN)c2ccsc2n1. The first kappa shape index (κ1) is 11.6. The maximum absolute atomic E-state index is 5.46. The second kappa shape index (κ2) is 5.47. The van der Waals surface area contributed by atoms with Crippen molar-refractivity contribution in [2.75, 3.05) is 11.2 Å². The molecule has 4 nitrogen and oxygen atoms in total. The highest BCUT2D eigenvalue weighted by Crippen LogP contribution is 2.25. The van der Waals surface area contributed by atoms with E-state index >= 15 is 0 Å². The molecular formula is C10H14N4S2. The minimum absolute atomic E-state index is 0.721. The molecule has 0 aliphatic carbocycles. The Balaban J connectivity index is 2.25. The first-order valence-electron chi connectivity index (χ1n) is 5.13. The molecule has 0 spiro atoms. The van der Waals surface area contributed by atoms with Crippen molar-refractivity contribution >= 4 is 39.1 Å². The smallest absolute Gasteiger partial charge is 0.152 e. The Bertz CT molecular complexity index is 469. The normalized spacial score (nSPS) is 10.9. The van der Waals surface area contributed by atoms with Gasteiger partial charge in [-0.2, -0.15) is 11.8 Å². The number of hydrazine groups is 1. The summed E-state index contributed by atoms with van der Waals surface area (Å²) in [6.45, 7) is 2.17. The summed E-state index contributed by atoms with van der Waals surface area (Å²) in [5.41, 5.74) is 2.63. The van der Waals surface area contributed by atoms with Crippen molar-refractivity contribution in [3.05, 3.63) is 17.3 Å². The molecule has 3 N–H and O–H groups in total. The van der Waals surface area contributed by atoms with E-state index in [1.807, 2.05) is 23.2 Å². The highest BCUT2D eigenvalue weighted by atomic mass is 32.2. The molecular weight excluding hydrogens is 240 g/mol. The molecule has 0 aliphatic heterocycles. The minimum Gasteiger partial charge on any atom is -0.308 e. The lowest BCUT2D eigenvalue weighted by Crippen LogP contribution is -2.10. The topological polar surface area (TPSA) is 63.8 Å². The number of nitrogens with two attached hydrogens (primary N) is 1. The van der Waals surface area contributed by atoms with Crippen LogP contribution in [0.1, 0.15) is 19.2 Å². The van der Waals surface area contributed by atoms with Gasteiger partial charge in [-0.15, -0.1) is 11.3 Å². The van der Waals surface area contributed by atoms with Crippen LogP contribution >= 0.6 is 23.1 Å². The summed E-state index contributed by atoms with van der Waals surface area (Å²) in [7, 11) is 0. The van der Waals surface area contributed by atoms with E-state index in [2.05, 4.69) is 22.3 Å². The summed E-state index contributed by atoms with van der Waals surface area (Å²) in [5, 5.41) is 3.00. The highest BCUT2D eigenvalue weighted by molar-refractivity contribution is 7.98. The van der Waals surface area contributed by atoms with Gasteiger partial charge in [-0.25, -0.2) is 15.8 Å². The Morgan fingerprint density at radius 3 is 3.12 bits per heavy atom. The Morgan fingerprint density at radius 2 is 2.38 bits per heavy atom. The molecule has 86 valence electrons. The van der Waals surface area contributed by atoms with E-state index in [9.17, 15) is 0 Å². The van der Waals surface area contributed by atoms with Crippen molar-refractivity contribution in [2.45, 2.75) is 19.1 Å². The highest BCUT2D eigenvalue weighted by Gasteiger charge is 2.07. The lowest BCUT2D eigenvalue weighted by atomic mass is 10.4. The molecule has 0 unspecified atom stereocenters. The lowest BCUT2D eigenvalue weighted by Gasteiger charge is -2.04. The number of anilines is 1. The summed E-state index contributed by atoms with van der Waals surface area (Å²) in [5.74, 6) is 9.01. The molecule has 16 heavy (non-hydrogen) atoms. The number of nitrogen functional groups attached to an aromatic ring is 1. The van der Waals surface area contributed by atoms with Crippen molar-refractivity contribution in [3.63, 3.8) is 0 Å². The van der Waals surface area contributed by atoms with E-state index < -0.39 is 0 Å². The molecule has 2 aromatic heterocycles. The third-order valence-electron chi connectivity index (χ3n) is 2.09. The third kappa shape index (κ3) is 2.45. The van der Waals surface area contributed by atoms with Crippen LogP contribution in [-0.2, 0) is 5.75 Å². The van der Waals surface area contributed by atoms with Gasteiger partial charge in [-0.3, -0.25) is 0 Å². The van der Waals surface area contributed by atoms with Crippen LogP contribution in [0, 0.1) is 0 Å². The molecule has 0 atom stereocenters. The quantitative estimate of drug-likeness (QED) is 0.488. The zero-order valence-electron chi connectivity index (χ0n) is 9.06. The average Bonchev–Trinajstić information content (AvgIpc) is 2.76. The van der Waals surface area contributed by atoms with Gasteiger partial charge < -0.3 is 5.43 Å². The molecule has 2 rings (SSSR count). The molecule has 0 saturated heterocycles. The predicted molar refractivity (Wildman–Crippen MR) is 71.7 cm³/mol. The van der Waals surface area contributed by atoms with Gasteiger partial charge in [0, 0.05) is 0 Å². The number of nitrogens with one attached hydrogen (secondary N) is 1. The molecule has 0 amide bonds. The zero-order chi connectivity index (χ0) is 11.4. The van der Waals surface area contributed by atoms with E-state index in [0.717, 1.165) is 33.4 Å². The molecule has 0 aliphatic rings. The summed E-state index contributed by atoms with van der Waals surface area (Å²) < 4.78 is 0. The van der Waals surface area contributed by atoms with Crippen LogP contribution < -0.4 is 11.3 Å². The van der Waals surface area contributed by atoms with Crippen molar-refractivity contribution in [3.8, 4) is 0 Å². The number of thioether (sulfide) groups is 1.